The molecule has 0 unspecified atom stereocenters. The fourth-order valence-electron chi connectivity index (χ4n) is 0.798. The van der Waals surface area contributed by atoms with Crippen molar-refractivity contribution in [3.63, 3.8) is 0 Å². The van der Waals surface area contributed by atoms with Gasteiger partial charge in [0.25, 0.3) is 0 Å². The second-order valence-corrected chi connectivity index (χ2v) is 2.56. The Balaban J connectivity index is 2.98. The van der Waals surface area contributed by atoms with Crippen molar-refractivity contribution in [1.82, 2.24) is 4.98 Å². The van der Waals surface area contributed by atoms with Crippen molar-refractivity contribution in [2.24, 2.45) is 0 Å². The van der Waals surface area contributed by atoms with E-state index in [1.165, 1.54) is 12.1 Å². The van der Waals surface area contributed by atoms with E-state index in [2.05, 4.69) is 4.98 Å². The minimum absolute atomic E-state index is 0.0311. The fraction of sp³-hybridized carbons (Fsp3) is 0.250. The zero-order valence-electron chi connectivity index (χ0n) is 6.91. The van der Waals surface area contributed by atoms with Gasteiger partial charge < -0.3 is 14.6 Å². The van der Waals surface area contributed by atoms with Gasteiger partial charge in [0.15, 0.2) is 10.9 Å². The molecule has 1 heterocycles. The third-order valence-corrected chi connectivity index (χ3v) is 1.59. The third-order valence-electron chi connectivity index (χ3n) is 1.32. The van der Waals surface area contributed by atoms with Crippen molar-refractivity contribution in [2.75, 3.05) is 6.61 Å². The maximum atomic E-state index is 10.3. The van der Waals surface area contributed by atoms with Crippen molar-refractivity contribution in [1.29, 1.82) is 0 Å². The Morgan fingerprint density at radius 2 is 2.38 bits per heavy atom. The Morgan fingerprint density at radius 3 is 2.85 bits per heavy atom. The van der Waals surface area contributed by atoms with Crippen LogP contribution >= 0.6 is 11.6 Å². The Bertz CT molecular complexity index is 327. The average Bonchev–Trinajstić information content (AvgIpc) is 2.08. The van der Waals surface area contributed by atoms with Gasteiger partial charge in [-0.05, 0) is 19.1 Å². The zero-order chi connectivity index (χ0) is 9.84. The zero-order valence-corrected chi connectivity index (χ0v) is 7.67. The molecular formula is C8H7ClNO3-. The molecule has 0 N–H and O–H groups in total. The number of ether oxygens (including phenoxy) is 1. The van der Waals surface area contributed by atoms with Crippen LogP contribution in [0.4, 0.5) is 0 Å². The summed E-state index contributed by atoms with van der Waals surface area (Å²) < 4.78 is 5.06. The number of pyridine rings is 1. The number of aromatic nitrogens is 1. The Morgan fingerprint density at radius 1 is 1.69 bits per heavy atom. The summed E-state index contributed by atoms with van der Waals surface area (Å²) in [7, 11) is 0. The average molecular weight is 201 g/mol. The van der Waals surface area contributed by atoms with E-state index in [0.717, 1.165) is 0 Å². The number of carboxylic acids is 1. The molecule has 0 aliphatic rings. The molecule has 4 nitrogen and oxygen atoms in total. The number of carbonyl (C=O) groups is 1. The summed E-state index contributed by atoms with van der Waals surface area (Å²) in [6.45, 7) is 2.25. The number of carboxylic acid groups (broad SMARTS) is 1. The maximum absolute atomic E-state index is 10.3. The van der Waals surface area contributed by atoms with Gasteiger partial charge in [-0.1, -0.05) is 11.6 Å². The van der Waals surface area contributed by atoms with Gasteiger partial charge in [-0.3, -0.25) is 0 Å². The summed E-state index contributed by atoms with van der Waals surface area (Å²) in [5.74, 6) is -0.987. The molecule has 5 heteroatoms. The van der Waals surface area contributed by atoms with E-state index in [9.17, 15) is 9.90 Å². The highest BCUT2D eigenvalue weighted by Crippen LogP contribution is 2.21. The first kappa shape index (κ1) is 9.80. The molecule has 0 radical (unpaired) electrons. The normalized spacial score (nSPS) is 9.69. The predicted octanol–water partition coefficient (Wildman–Crippen LogP) is 0.497. The second kappa shape index (κ2) is 4.09. The Kier molecular flexibility index (Phi) is 3.08. The molecule has 1 aromatic rings. The van der Waals surface area contributed by atoms with Crippen molar-refractivity contribution >= 4 is 17.6 Å². The van der Waals surface area contributed by atoms with Crippen LogP contribution in [0.3, 0.4) is 0 Å². The fourth-order valence-corrected chi connectivity index (χ4v) is 1.01. The highest BCUT2D eigenvalue weighted by atomic mass is 35.5. The molecule has 0 aromatic carbocycles. The molecule has 70 valence electrons. The van der Waals surface area contributed by atoms with E-state index in [4.69, 9.17) is 16.3 Å². The summed E-state index contributed by atoms with van der Waals surface area (Å²) in [6, 6.07) is 2.73. The summed E-state index contributed by atoms with van der Waals surface area (Å²) in [4.78, 5) is 13.9. The van der Waals surface area contributed by atoms with Crippen LogP contribution in [-0.2, 0) is 0 Å². The largest absolute Gasteiger partial charge is 0.543 e. The minimum Gasteiger partial charge on any atom is -0.543 e. The van der Waals surface area contributed by atoms with Crippen molar-refractivity contribution in [3.05, 3.63) is 23.0 Å². The van der Waals surface area contributed by atoms with E-state index in [-0.39, 0.29) is 10.8 Å². The summed E-state index contributed by atoms with van der Waals surface area (Å²) in [6.07, 6.45) is 0. The number of hydrogen-bond donors (Lipinski definition) is 0. The van der Waals surface area contributed by atoms with Crippen molar-refractivity contribution in [3.8, 4) is 5.75 Å². The molecule has 0 bridgehead atoms. The molecule has 1 aromatic heterocycles. The maximum Gasteiger partial charge on any atom is 0.171 e. The van der Waals surface area contributed by atoms with Crippen LogP contribution < -0.4 is 9.84 Å². The SMILES string of the molecule is CCOc1ccc(C(=O)[O-])nc1Cl. The van der Waals surface area contributed by atoms with E-state index in [1.54, 1.807) is 6.92 Å². The standard InChI is InChI=1S/C8H8ClNO3/c1-2-13-6-4-3-5(8(11)12)10-7(6)9/h3-4H,2H2,1H3,(H,11,12)/p-1. The molecule has 0 saturated heterocycles. The molecule has 0 aliphatic heterocycles. The van der Waals surface area contributed by atoms with Crippen LogP contribution in [-0.4, -0.2) is 17.6 Å². The molecule has 1 rings (SSSR count). The Hall–Kier alpha value is -1.29. The number of rotatable bonds is 3. The van der Waals surface area contributed by atoms with Crippen LogP contribution in [0.5, 0.6) is 5.75 Å². The van der Waals surface area contributed by atoms with Gasteiger partial charge in [0, 0.05) is 0 Å². The first-order valence-electron chi connectivity index (χ1n) is 3.66. The van der Waals surface area contributed by atoms with E-state index >= 15 is 0 Å². The van der Waals surface area contributed by atoms with Crippen molar-refractivity contribution < 1.29 is 14.6 Å². The van der Waals surface area contributed by atoms with Gasteiger partial charge in [0.05, 0.1) is 18.3 Å². The molecule has 13 heavy (non-hydrogen) atoms. The van der Waals surface area contributed by atoms with Crippen molar-refractivity contribution in [2.45, 2.75) is 6.92 Å². The second-order valence-electron chi connectivity index (χ2n) is 2.21. The van der Waals surface area contributed by atoms with Gasteiger partial charge in [-0.2, -0.15) is 0 Å². The van der Waals surface area contributed by atoms with Crippen LogP contribution in [0.1, 0.15) is 17.4 Å². The number of aromatic carboxylic acids is 1. The lowest BCUT2D eigenvalue weighted by Crippen LogP contribution is -2.23. The quantitative estimate of drug-likeness (QED) is 0.667. The van der Waals surface area contributed by atoms with Crippen LogP contribution in [0.2, 0.25) is 5.15 Å². The Labute approximate surface area is 80.1 Å². The summed E-state index contributed by atoms with van der Waals surface area (Å²) >= 11 is 5.63. The van der Waals surface area contributed by atoms with Crippen LogP contribution in [0, 0.1) is 0 Å². The highest BCUT2D eigenvalue weighted by Gasteiger charge is 2.04. The number of hydrogen-bond acceptors (Lipinski definition) is 4. The molecule has 0 saturated carbocycles. The van der Waals surface area contributed by atoms with Crippen LogP contribution in [0.25, 0.3) is 0 Å². The number of carbonyl (C=O) groups excluding carboxylic acids is 1. The molecular weight excluding hydrogens is 194 g/mol. The van der Waals surface area contributed by atoms with Gasteiger partial charge in [0.1, 0.15) is 0 Å². The number of nitrogens with zero attached hydrogens (tertiary/aromatic N) is 1. The number of halogens is 1. The lowest BCUT2D eigenvalue weighted by molar-refractivity contribution is -0.255. The minimum atomic E-state index is -1.36. The van der Waals surface area contributed by atoms with E-state index in [0.29, 0.717) is 12.4 Å². The lowest BCUT2D eigenvalue weighted by Gasteiger charge is -2.06. The lowest BCUT2D eigenvalue weighted by atomic mass is 10.3. The summed E-state index contributed by atoms with van der Waals surface area (Å²) in [5, 5.41) is 10.4. The molecule has 0 amide bonds. The van der Waals surface area contributed by atoms with Gasteiger partial charge >= 0.3 is 0 Å². The first-order chi connectivity index (χ1) is 6.15. The predicted molar refractivity (Wildman–Crippen MR) is 44.7 cm³/mol. The molecule has 0 aliphatic carbocycles. The van der Waals surface area contributed by atoms with Gasteiger partial charge in [-0.25, -0.2) is 4.98 Å². The van der Waals surface area contributed by atoms with Gasteiger partial charge in [0.2, 0.25) is 0 Å². The summed E-state index contributed by atoms with van der Waals surface area (Å²) in [5.41, 5.74) is -0.201. The highest BCUT2D eigenvalue weighted by molar-refractivity contribution is 6.31. The third kappa shape index (κ3) is 2.32. The van der Waals surface area contributed by atoms with Crippen LogP contribution in [0.15, 0.2) is 12.1 Å². The first-order valence-corrected chi connectivity index (χ1v) is 4.03. The van der Waals surface area contributed by atoms with Gasteiger partial charge in [-0.15, -0.1) is 0 Å². The smallest absolute Gasteiger partial charge is 0.171 e. The molecule has 0 spiro atoms. The molecule has 0 atom stereocenters. The topological polar surface area (TPSA) is 62.2 Å². The van der Waals surface area contributed by atoms with E-state index < -0.39 is 5.97 Å². The monoisotopic (exact) mass is 200 g/mol. The molecule has 0 fully saturated rings. The van der Waals surface area contributed by atoms with E-state index in [1.807, 2.05) is 0 Å².